The first kappa shape index (κ1) is 15.8. The Bertz CT molecular complexity index is 424. The lowest BCUT2D eigenvalue weighted by atomic mass is 10.0. The van der Waals surface area contributed by atoms with Crippen LogP contribution >= 0.6 is 0 Å². The highest BCUT2D eigenvalue weighted by atomic mass is 16.4. The van der Waals surface area contributed by atoms with Crippen LogP contribution in [0.1, 0.15) is 51.9 Å². The summed E-state index contributed by atoms with van der Waals surface area (Å²) in [5, 5.41) is 11.9. The van der Waals surface area contributed by atoms with Gasteiger partial charge in [0.15, 0.2) is 0 Å². The number of carbonyl (C=O) groups is 3. The van der Waals surface area contributed by atoms with Crippen molar-refractivity contribution < 1.29 is 19.5 Å². The molecular weight excluding hydrogens is 272 g/mol. The molecule has 2 amide bonds. The zero-order chi connectivity index (χ0) is 15.4. The summed E-state index contributed by atoms with van der Waals surface area (Å²) < 4.78 is 0. The lowest BCUT2D eigenvalue weighted by Gasteiger charge is -2.35. The molecule has 0 bridgehead atoms. The van der Waals surface area contributed by atoms with Crippen molar-refractivity contribution in [1.29, 1.82) is 0 Å². The third-order valence-electron chi connectivity index (χ3n) is 4.56. The number of aliphatic carboxylic acids is 1. The second-order valence-corrected chi connectivity index (χ2v) is 6.01. The van der Waals surface area contributed by atoms with Gasteiger partial charge in [-0.05, 0) is 38.5 Å². The molecule has 118 valence electrons. The van der Waals surface area contributed by atoms with Crippen LogP contribution in [0.25, 0.3) is 0 Å². The number of nitrogens with one attached hydrogen (secondary N) is 1. The number of hydrogen-bond acceptors (Lipinski definition) is 3. The van der Waals surface area contributed by atoms with Gasteiger partial charge in [0.2, 0.25) is 11.8 Å². The van der Waals surface area contributed by atoms with E-state index in [1.807, 2.05) is 0 Å². The Balaban J connectivity index is 1.92. The molecule has 0 radical (unpaired) electrons. The van der Waals surface area contributed by atoms with Crippen molar-refractivity contribution in [2.75, 3.05) is 6.54 Å². The van der Waals surface area contributed by atoms with Crippen LogP contribution in [0.3, 0.4) is 0 Å². The molecule has 6 nitrogen and oxygen atoms in total. The molecule has 0 aromatic rings. The molecule has 2 aliphatic rings. The average molecular weight is 296 g/mol. The Morgan fingerprint density at radius 3 is 2.57 bits per heavy atom. The second-order valence-electron chi connectivity index (χ2n) is 6.01. The van der Waals surface area contributed by atoms with Gasteiger partial charge in [0.25, 0.3) is 0 Å². The first-order valence-corrected chi connectivity index (χ1v) is 7.85. The van der Waals surface area contributed by atoms with E-state index in [0.717, 1.165) is 12.8 Å². The topological polar surface area (TPSA) is 86.7 Å². The van der Waals surface area contributed by atoms with Gasteiger partial charge in [0.1, 0.15) is 6.04 Å². The largest absolute Gasteiger partial charge is 0.481 e. The van der Waals surface area contributed by atoms with Crippen LogP contribution < -0.4 is 5.32 Å². The summed E-state index contributed by atoms with van der Waals surface area (Å²) in [6.45, 7) is 2.45. The highest BCUT2D eigenvalue weighted by molar-refractivity contribution is 5.88. The number of carboxylic acids is 1. The van der Waals surface area contributed by atoms with E-state index in [1.54, 1.807) is 11.8 Å². The molecule has 1 saturated heterocycles. The van der Waals surface area contributed by atoms with Gasteiger partial charge in [-0.2, -0.15) is 0 Å². The van der Waals surface area contributed by atoms with E-state index in [0.29, 0.717) is 38.6 Å². The fraction of sp³-hybridized carbons (Fsp3) is 0.800. The standard InChI is InChI=1S/C15H24N2O4/c1-2-13(18)17-8-4-3-5-12(17)14(19)16-11-7-6-10(9-11)15(20)21/h10-12H,2-9H2,1H3,(H,16,19)(H,20,21)/t10-,11+,12?/m0/s1. The molecule has 1 heterocycles. The van der Waals surface area contributed by atoms with Gasteiger partial charge in [-0.15, -0.1) is 0 Å². The summed E-state index contributed by atoms with van der Waals surface area (Å²) in [7, 11) is 0. The molecule has 2 fully saturated rings. The van der Waals surface area contributed by atoms with E-state index in [9.17, 15) is 14.4 Å². The predicted octanol–water partition coefficient (Wildman–Crippen LogP) is 1.15. The van der Waals surface area contributed by atoms with E-state index in [1.165, 1.54) is 0 Å². The van der Waals surface area contributed by atoms with Gasteiger partial charge in [-0.1, -0.05) is 6.92 Å². The van der Waals surface area contributed by atoms with Crippen molar-refractivity contribution in [2.24, 2.45) is 5.92 Å². The minimum absolute atomic E-state index is 0.0182. The Morgan fingerprint density at radius 1 is 1.19 bits per heavy atom. The number of carboxylic acid groups (broad SMARTS) is 1. The lowest BCUT2D eigenvalue weighted by molar-refractivity contribution is -0.142. The third-order valence-corrected chi connectivity index (χ3v) is 4.56. The van der Waals surface area contributed by atoms with Crippen LogP contribution in [0.15, 0.2) is 0 Å². The zero-order valence-electron chi connectivity index (χ0n) is 12.5. The normalized spacial score (nSPS) is 29.2. The lowest BCUT2D eigenvalue weighted by Crippen LogP contribution is -2.53. The molecule has 0 spiro atoms. The van der Waals surface area contributed by atoms with Crippen molar-refractivity contribution in [1.82, 2.24) is 10.2 Å². The minimum Gasteiger partial charge on any atom is -0.481 e. The first-order chi connectivity index (χ1) is 10.0. The minimum atomic E-state index is -0.785. The van der Waals surface area contributed by atoms with Crippen LogP contribution in [-0.4, -0.2) is 46.4 Å². The maximum Gasteiger partial charge on any atom is 0.306 e. The van der Waals surface area contributed by atoms with Crippen LogP contribution in [0, 0.1) is 5.92 Å². The van der Waals surface area contributed by atoms with Crippen molar-refractivity contribution >= 4 is 17.8 Å². The molecule has 2 rings (SSSR count). The van der Waals surface area contributed by atoms with E-state index >= 15 is 0 Å². The van der Waals surface area contributed by atoms with E-state index in [-0.39, 0.29) is 29.8 Å². The van der Waals surface area contributed by atoms with Crippen molar-refractivity contribution in [3.63, 3.8) is 0 Å². The van der Waals surface area contributed by atoms with Gasteiger partial charge < -0.3 is 15.3 Å². The van der Waals surface area contributed by atoms with Crippen LogP contribution in [0.5, 0.6) is 0 Å². The maximum atomic E-state index is 12.4. The Hall–Kier alpha value is -1.59. The number of rotatable bonds is 4. The van der Waals surface area contributed by atoms with Crippen LogP contribution in [-0.2, 0) is 14.4 Å². The number of piperidine rings is 1. The molecule has 1 aliphatic heterocycles. The highest BCUT2D eigenvalue weighted by Gasteiger charge is 2.35. The average Bonchev–Trinajstić information content (AvgIpc) is 2.95. The number of likely N-dealkylation sites (tertiary alicyclic amines) is 1. The molecule has 2 N–H and O–H groups in total. The quantitative estimate of drug-likeness (QED) is 0.814. The number of amides is 2. The van der Waals surface area contributed by atoms with Gasteiger partial charge in [0.05, 0.1) is 5.92 Å². The van der Waals surface area contributed by atoms with Crippen LogP contribution in [0.2, 0.25) is 0 Å². The van der Waals surface area contributed by atoms with Gasteiger partial charge in [-0.3, -0.25) is 14.4 Å². The van der Waals surface area contributed by atoms with E-state index in [4.69, 9.17) is 5.11 Å². The zero-order valence-corrected chi connectivity index (χ0v) is 12.5. The fourth-order valence-corrected chi connectivity index (χ4v) is 3.34. The van der Waals surface area contributed by atoms with E-state index in [2.05, 4.69) is 5.32 Å². The molecular formula is C15H24N2O4. The molecule has 1 saturated carbocycles. The Kier molecular flexibility index (Phi) is 5.20. The molecule has 0 aromatic heterocycles. The SMILES string of the molecule is CCC(=O)N1CCCCC1C(=O)N[C@@H]1CC[C@H](C(=O)O)C1. The summed E-state index contributed by atoms with van der Waals surface area (Å²) >= 11 is 0. The number of carbonyl (C=O) groups excluding carboxylic acids is 2. The van der Waals surface area contributed by atoms with Crippen molar-refractivity contribution in [3.05, 3.63) is 0 Å². The van der Waals surface area contributed by atoms with Crippen LogP contribution in [0.4, 0.5) is 0 Å². The summed E-state index contributed by atoms with van der Waals surface area (Å²) in [5.74, 6) is -1.24. The Morgan fingerprint density at radius 2 is 1.95 bits per heavy atom. The monoisotopic (exact) mass is 296 g/mol. The molecule has 3 atom stereocenters. The molecule has 1 unspecified atom stereocenters. The molecule has 21 heavy (non-hydrogen) atoms. The number of hydrogen-bond donors (Lipinski definition) is 2. The van der Waals surface area contributed by atoms with Gasteiger partial charge in [-0.25, -0.2) is 0 Å². The van der Waals surface area contributed by atoms with Gasteiger partial charge >= 0.3 is 5.97 Å². The highest BCUT2D eigenvalue weighted by Crippen LogP contribution is 2.26. The summed E-state index contributed by atoms with van der Waals surface area (Å²) in [6.07, 6.45) is 4.82. The van der Waals surface area contributed by atoms with Crippen molar-refractivity contribution in [3.8, 4) is 0 Å². The second kappa shape index (κ2) is 6.91. The Labute approximate surface area is 124 Å². The third kappa shape index (κ3) is 3.74. The maximum absolute atomic E-state index is 12.4. The van der Waals surface area contributed by atoms with Gasteiger partial charge in [0, 0.05) is 19.0 Å². The molecule has 0 aromatic carbocycles. The fourth-order valence-electron chi connectivity index (χ4n) is 3.34. The molecule has 6 heteroatoms. The van der Waals surface area contributed by atoms with Crippen molar-refractivity contribution in [2.45, 2.75) is 64.0 Å². The smallest absolute Gasteiger partial charge is 0.306 e. The molecule has 1 aliphatic carbocycles. The summed E-state index contributed by atoms with van der Waals surface area (Å²) in [6, 6.07) is -0.450. The summed E-state index contributed by atoms with van der Waals surface area (Å²) in [5.41, 5.74) is 0. The number of nitrogens with zero attached hydrogens (tertiary/aromatic N) is 1. The van der Waals surface area contributed by atoms with E-state index < -0.39 is 5.97 Å². The summed E-state index contributed by atoms with van der Waals surface area (Å²) in [4.78, 5) is 37.0. The first-order valence-electron chi connectivity index (χ1n) is 7.85. The predicted molar refractivity (Wildman–Crippen MR) is 76.6 cm³/mol.